The topological polar surface area (TPSA) is 116 Å². The minimum absolute atomic E-state index is 0.210. The van der Waals surface area contributed by atoms with Crippen LogP contribution in [0.2, 0.25) is 0 Å². The molecule has 3 aliphatic rings. The van der Waals surface area contributed by atoms with Gasteiger partial charge in [-0.05, 0) is 50.9 Å². The molecule has 1 aliphatic heterocycles. The predicted molar refractivity (Wildman–Crippen MR) is 96.0 cm³/mol. The Morgan fingerprint density at radius 3 is 2.37 bits per heavy atom. The minimum Gasteiger partial charge on any atom is -0.511 e. The van der Waals surface area contributed by atoms with Gasteiger partial charge in [0.15, 0.2) is 0 Å². The van der Waals surface area contributed by atoms with E-state index in [1.807, 2.05) is 0 Å². The second-order valence-electron chi connectivity index (χ2n) is 7.73. The number of amides is 2. The molecular weight excluding hydrogens is 352 g/mol. The van der Waals surface area contributed by atoms with E-state index in [4.69, 9.17) is 9.84 Å². The first-order valence-corrected chi connectivity index (χ1v) is 9.81. The van der Waals surface area contributed by atoms with Crippen molar-refractivity contribution < 1.29 is 29.3 Å². The van der Waals surface area contributed by atoms with Crippen molar-refractivity contribution in [3.63, 3.8) is 0 Å². The number of aliphatic hydroxyl groups is 1. The van der Waals surface area contributed by atoms with E-state index in [0.717, 1.165) is 25.7 Å². The highest BCUT2D eigenvalue weighted by Gasteiger charge is 2.34. The summed E-state index contributed by atoms with van der Waals surface area (Å²) in [6.45, 7) is 0.338. The van der Waals surface area contributed by atoms with E-state index >= 15 is 0 Å². The molecule has 2 fully saturated rings. The maximum atomic E-state index is 12.6. The number of hydrogen-bond acceptors (Lipinski definition) is 5. The summed E-state index contributed by atoms with van der Waals surface area (Å²) < 4.78 is 6.07. The fourth-order valence-electron chi connectivity index (χ4n) is 3.94. The van der Waals surface area contributed by atoms with Crippen molar-refractivity contribution in [2.24, 2.45) is 5.92 Å². The van der Waals surface area contributed by atoms with Gasteiger partial charge in [-0.2, -0.15) is 0 Å². The zero-order valence-corrected chi connectivity index (χ0v) is 15.5. The van der Waals surface area contributed by atoms with Gasteiger partial charge in [-0.25, -0.2) is 0 Å². The van der Waals surface area contributed by atoms with Crippen LogP contribution in [0.25, 0.3) is 0 Å². The molecule has 8 nitrogen and oxygen atoms in total. The summed E-state index contributed by atoms with van der Waals surface area (Å²) in [5, 5.41) is 20.8. The number of nitrogens with zero attached hydrogens (tertiary/aromatic N) is 1. The van der Waals surface area contributed by atoms with Gasteiger partial charge in [0.2, 0.25) is 0 Å². The van der Waals surface area contributed by atoms with Crippen LogP contribution in [0.1, 0.15) is 51.4 Å². The van der Waals surface area contributed by atoms with Gasteiger partial charge in [0, 0.05) is 19.5 Å². The highest BCUT2D eigenvalue weighted by Crippen LogP contribution is 2.32. The summed E-state index contributed by atoms with van der Waals surface area (Å²) in [7, 11) is 0. The summed E-state index contributed by atoms with van der Waals surface area (Å²) in [4.78, 5) is 36.9. The second kappa shape index (κ2) is 8.73. The van der Waals surface area contributed by atoms with Gasteiger partial charge in [0.25, 0.3) is 11.8 Å². The maximum Gasteiger partial charge on any atom is 0.322 e. The molecule has 2 saturated carbocycles. The quantitative estimate of drug-likeness (QED) is 0.574. The summed E-state index contributed by atoms with van der Waals surface area (Å²) >= 11 is 0. The van der Waals surface area contributed by atoms with Crippen molar-refractivity contribution in [2.75, 3.05) is 19.6 Å². The first kappa shape index (κ1) is 19.7. The van der Waals surface area contributed by atoms with E-state index in [9.17, 15) is 19.5 Å². The standard InChI is InChI=1S/C19H28N2O6/c22-15-8-9-21(19(26)17(15)18(25)20-10-16(23)24)11-12-4-6-14(7-5-12)27-13-2-1-3-13/h12-14,22H,1-11H2,(H,20,25)(H,23,24)/t12-,14-. The number of carbonyl (C=O) groups excluding carboxylic acids is 2. The Labute approximate surface area is 158 Å². The molecule has 0 unspecified atom stereocenters. The number of rotatable bonds is 7. The first-order chi connectivity index (χ1) is 12.9. The van der Waals surface area contributed by atoms with E-state index in [0.29, 0.717) is 31.2 Å². The Kier molecular flexibility index (Phi) is 6.36. The number of nitrogens with one attached hydrogen (secondary N) is 1. The zero-order chi connectivity index (χ0) is 19.4. The SMILES string of the molecule is O=C(O)CNC(=O)C1=C(O)CCN(C[C@H]2CC[C@H](OC3CCC3)CC2)C1=O. The van der Waals surface area contributed by atoms with Gasteiger partial charge in [-0.3, -0.25) is 14.4 Å². The molecule has 0 spiro atoms. The third-order valence-electron chi connectivity index (χ3n) is 5.74. The summed E-state index contributed by atoms with van der Waals surface area (Å²) in [5.74, 6) is -2.46. The number of ether oxygens (including phenoxy) is 1. The second-order valence-corrected chi connectivity index (χ2v) is 7.73. The van der Waals surface area contributed by atoms with E-state index in [2.05, 4.69) is 5.32 Å². The molecule has 0 saturated heterocycles. The van der Waals surface area contributed by atoms with Crippen LogP contribution in [0.15, 0.2) is 11.3 Å². The van der Waals surface area contributed by atoms with Crippen LogP contribution < -0.4 is 5.32 Å². The van der Waals surface area contributed by atoms with Crippen molar-refractivity contribution in [1.29, 1.82) is 0 Å². The number of aliphatic hydroxyl groups excluding tert-OH is 1. The van der Waals surface area contributed by atoms with Crippen LogP contribution in [0, 0.1) is 5.92 Å². The van der Waals surface area contributed by atoms with Gasteiger partial charge >= 0.3 is 5.97 Å². The number of aliphatic carboxylic acids is 1. The zero-order valence-electron chi connectivity index (χ0n) is 15.5. The third-order valence-corrected chi connectivity index (χ3v) is 5.74. The van der Waals surface area contributed by atoms with Gasteiger partial charge in [-0.1, -0.05) is 0 Å². The molecule has 0 aromatic rings. The van der Waals surface area contributed by atoms with E-state index < -0.39 is 24.3 Å². The fourth-order valence-corrected chi connectivity index (χ4v) is 3.94. The molecule has 0 aromatic heterocycles. The molecule has 0 aromatic carbocycles. The average Bonchev–Trinajstić information content (AvgIpc) is 2.60. The van der Waals surface area contributed by atoms with Crippen molar-refractivity contribution in [3.05, 3.63) is 11.3 Å². The van der Waals surface area contributed by atoms with Gasteiger partial charge in [0.05, 0.1) is 12.2 Å². The molecular formula is C19H28N2O6. The molecule has 27 heavy (non-hydrogen) atoms. The van der Waals surface area contributed by atoms with Crippen molar-refractivity contribution in [2.45, 2.75) is 63.6 Å². The first-order valence-electron chi connectivity index (χ1n) is 9.81. The molecule has 3 rings (SSSR count). The highest BCUT2D eigenvalue weighted by molar-refractivity contribution is 6.19. The third kappa shape index (κ3) is 5.00. The van der Waals surface area contributed by atoms with Crippen LogP contribution in [-0.2, 0) is 19.1 Å². The van der Waals surface area contributed by atoms with Gasteiger partial charge in [0.1, 0.15) is 17.9 Å². The normalized spacial score (nSPS) is 26.7. The molecule has 2 aliphatic carbocycles. The molecule has 8 heteroatoms. The summed E-state index contributed by atoms with van der Waals surface area (Å²) in [5.41, 5.74) is -0.329. The van der Waals surface area contributed by atoms with Crippen molar-refractivity contribution >= 4 is 17.8 Å². The molecule has 0 radical (unpaired) electrons. The van der Waals surface area contributed by atoms with Crippen LogP contribution >= 0.6 is 0 Å². The average molecular weight is 380 g/mol. The lowest BCUT2D eigenvalue weighted by atomic mass is 9.86. The van der Waals surface area contributed by atoms with Crippen LogP contribution in [0.3, 0.4) is 0 Å². The number of carboxylic acid groups (broad SMARTS) is 1. The molecule has 150 valence electrons. The lowest BCUT2D eigenvalue weighted by Crippen LogP contribution is -2.45. The minimum atomic E-state index is -1.20. The van der Waals surface area contributed by atoms with Crippen molar-refractivity contribution in [3.8, 4) is 0 Å². The molecule has 0 bridgehead atoms. The number of carbonyl (C=O) groups is 3. The molecule has 1 heterocycles. The highest BCUT2D eigenvalue weighted by atomic mass is 16.5. The van der Waals surface area contributed by atoms with Crippen LogP contribution in [0.5, 0.6) is 0 Å². The monoisotopic (exact) mass is 380 g/mol. The summed E-state index contributed by atoms with van der Waals surface area (Å²) in [6, 6.07) is 0. The van der Waals surface area contributed by atoms with Gasteiger partial charge in [-0.15, -0.1) is 0 Å². The lowest BCUT2D eigenvalue weighted by Gasteiger charge is -2.37. The lowest BCUT2D eigenvalue weighted by molar-refractivity contribution is -0.138. The Morgan fingerprint density at radius 1 is 1.11 bits per heavy atom. The van der Waals surface area contributed by atoms with Gasteiger partial charge < -0.3 is 25.2 Å². The Morgan fingerprint density at radius 2 is 1.78 bits per heavy atom. The Balaban J connectivity index is 1.50. The maximum absolute atomic E-state index is 12.6. The number of carboxylic acids is 1. The van der Waals surface area contributed by atoms with Crippen LogP contribution in [0.4, 0.5) is 0 Å². The predicted octanol–water partition coefficient (Wildman–Crippen LogP) is 1.36. The molecule has 2 amide bonds. The number of hydrogen-bond donors (Lipinski definition) is 3. The smallest absolute Gasteiger partial charge is 0.322 e. The Hall–Kier alpha value is -2.09. The van der Waals surface area contributed by atoms with Crippen molar-refractivity contribution in [1.82, 2.24) is 10.2 Å². The Bertz CT molecular complexity index is 620. The van der Waals surface area contributed by atoms with Crippen LogP contribution in [-0.4, -0.2) is 64.7 Å². The fraction of sp³-hybridized carbons (Fsp3) is 0.737. The van der Waals surface area contributed by atoms with E-state index in [-0.39, 0.29) is 17.8 Å². The van der Waals surface area contributed by atoms with E-state index in [1.165, 1.54) is 19.3 Å². The van der Waals surface area contributed by atoms with E-state index in [1.54, 1.807) is 4.90 Å². The molecule has 3 N–H and O–H groups in total. The molecule has 0 atom stereocenters. The summed E-state index contributed by atoms with van der Waals surface area (Å²) in [6.07, 6.45) is 8.54. The largest absolute Gasteiger partial charge is 0.511 e.